The standard InChI is InChI=1S/C8H9F3N2O/c9-8(10,11)6-1-2-13-4-5(6)7(14)3-12/h1-2,4,7,14H,3,12H2/t7-/m1/s1. The van der Waals surface area contributed by atoms with Gasteiger partial charge in [-0.15, -0.1) is 0 Å². The van der Waals surface area contributed by atoms with Gasteiger partial charge in [0.2, 0.25) is 0 Å². The van der Waals surface area contributed by atoms with Crippen molar-refractivity contribution in [3.8, 4) is 0 Å². The van der Waals surface area contributed by atoms with Crippen molar-refractivity contribution < 1.29 is 18.3 Å². The molecular formula is C8H9F3N2O. The van der Waals surface area contributed by atoms with Gasteiger partial charge in [0.1, 0.15) is 0 Å². The Balaban J connectivity index is 3.16. The van der Waals surface area contributed by atoms with Gasteiger partial charge in [0.05, 0.1) is 11.7 Å². The third kappa shape index (κ3) is 2.21. The smallest absolute Gasteiger partial charge is 0.387 e. The van der Waals surface area contributed by atoms with Gasteiger partial charge in [0, 0.05) is 24.5 Å². The molecule has 0 aliphatic carbocycles. The molecule has 78 valence electrons. The average molecular weight is 206 g/mol. The van der Waals surface area contributed by atoms with Gasteiger partial charge in [-0.05, 0) is 6.07 Å². The van der Waals surface area contributed by atoms with Gasteiger partial charge < -0.3 is 10.8 Å². The number of aliphatic hydroxyl groups is 1. The molecule has 1 rings (SSSR count). The molecule has 14 heavy (non-hydrogen) atoms. The van der Waals surface area contributed by atoms with Crippen LogP contribution >= 0.6 is 0 Å². The third-order valence-corrected chi connectivity index (χ3v) is 1.74. The summed E-state index contributed by atoms with van der Waals surface area (Å²) >= 11 is 0. The normalized spacial score (nSPS) is 14.1. The minimum atomic E-state index is -4.49. The first-order chi connectivity index (χ1) is 6.46. The molecule has 0 saturated carbocycles. The highest BCUT2D eigenvalue weighted by Crippen LogP contribution is 2.33. The fourth-order valence-corrected chi connectivity index (χ4v) is 1.06. The molecule has 0 radical (unpaired) electrons. The largest absolute Gasteiger partial charge is 0.416 e. The van der Waals surface area contributed by atoms with Crippen LogP contribution in [-0.4, -0.2) is 16.6 Å². The quantitative estimate of drug-likeness (QED) is 0.761. The summed E-state index contributed by atoms with van der Waals surface area (Å²) in [6.45, 7) is -0.269. The highest BCUT2D eigenvalue weighted by atomic mass is 19.4. The van der Waals surface area contributed by atoms with Crippen LogP contribution in [0.25, 0.3) is 0 Å². The fourth-order valence-electron chi connectivity index (χ4n) is 1.06. The Morgan fingerprint density at radius 2 is 2.14 bits per heavy atom. The van der Waals surface area contributed by atoms with E-state index >= 15 is 0 Å². The zero-order valence-corrected chi connectivity index (χ0v) is 7.12. The molecule has 0 aliphatic heterocycles. The molecule has 0 spiro atoms. The summed E-state index contributed by atoms with van der Waals surface area (Å²) < 4.78 is 37.1. The van der Waals surface area contributed by atoms with Crippen LogP contribution in [0.5, 0.6) is 0 Å². The number of nitrogens with two attached hydrogens (primary N) is 1. The van der Waals surface area contributed by atoms with Crippen molar-refractivity contribution in [3.05, 3.63) is 29.6 Å². The Labute approximate surface area is 78.4 Å². The Morgan fingerprint density at radius 3 is 2.64 bits per heavy atom. The minimum Gasteiger partial charge on any atom is -0.387 e. The second kappa shape index (κ2) is 3.93. The molecule has 1 aromatic heterocycles. The van der Waals surface area contributed by atoms with E-state index in [4.69, 9.17) is 5.73 Å². The Morgan fingerprint density at radius 1 is 1.50 bits per heavy atom. The Bertz CT molecular complexity index is 314. The summed E-state index contributed by atoms with van der Waals surface area (Å²) in [5.41, 5.74) is 3.88. The van der Waals surface area contributed by atoms with Crippen molar-refractivity contribution in [1.82, 2.24) is 4.98 Å². The SMILES string of the molecule is NC[C@@H](O)c1cnccc1C(F)(F)F. The van der Waals surface area contributed by atoms with Crippen LogP contribution in [0.15, 0.2) is 18.5 Å². The lowest BCUT2D eigenvalue weighted by Gasteiger charge is -2.15. The molecule has 0 bridgehead atoms. The zero-order valence-electron chi connectivity index (χ0n) is 7.12. The van der Waals surface area contributed by atoms with Crippen LogP contribution in [0.2, 0.25) is 0 Å². The zero-order chi connectivity index (χ0) is 10.8. The van der Waals surface area contributed by atoms with Gasteiger partial charge in [-0.1, -0.05) is 0 Å². The molecule has 0 unspecified atom stereocenters. The third-order valence-electron chi connectivity index (χ3n) is 1.74. The molecule has 3 nitrogen and oxygen atoms in total. The fraction of sp³-hybridized carbons (Fsp3) is 0.375. The maximum Gasteiger partial charge on any atom is 0.416 e. The van der Waals surface area contributed by atoms with Crippen LogP contribution < -0.4 is 5.73 Å². The lowest BCUT2D eigenvalue weighted by molar-refractivity contribution is -0.139. The van der Waals surface area contributed by atoms with Crippen molar-refractivity contribution in [1.29, 1.82) is 0 Å². The van der Waals surface area contributed by atoms with Crippen molar-refractivity contribution in [2.75, 3.05) is 6.54 Å². The second-order valence-corrected chi connectivity index (χ2v) is 2.71. The van der Waals surface area contributed by atoms with Crippen LogP contribution in [0.4, 0.5) is 13.2 Å². The predicted octanol–water partition coefficient (Wildman–Crippen LogP) is 1.09. The van der Waals surface area contributed by atoms with Crippen LogP contribution in [0, 0.1) is 0 Å². The molecular weight excluding hydrogens is 197 g/mol. The number of aliphatic hydroxyl groups excluding tert-OH is 1. The summed E-state index contributed by atoms with van der Waals surface area (Å²) in [4.78, 5) is 3.51. The Hall–Kier alpha value is -1.14. The van der Waals surface area contributed by atoms with Gasteiger partial charge in [-0.25, -0.2) is 0 Å². The molecule has 6 heteroatoms. The van der Waals surface area contributed by atoms with Gasteiger partial charge in [0.25, 0.3) is 0 Å². The van der Waals surface area contributed by atoms with Gasteiger partial charge in [0.15, 0.2) is 0 Å². The Kier molecular flexibility index (Phi) is 3.07. The lowest BCUT2D eigenvalue weighted by atomic mass is 10.1. The number of halogens is 3. The summed E-state index contributed by atoms with van der Waals surface area (Å²) in [7, 11) is 0. The number of alkyl halides is 3. The summed E-state index contributed by atoms with van der Waals surface area (Å²) in [6, 6.07) is 0.814. The van der Waals surface area contributed by atoms with E-state index in [1.165, 1.54) is 0 Å². The number of nitrogens with zero attached hydrogens (tertiary/aromatic N) is 1. The van der Waals surface area contributed by atoms with E-state index in [2.05, 4.69) is 4.98 Å². The second-order valence-electron chi connectivity index (χ2n) is 2.71. The van der Waals surface area contributed by atoms with Crippen molar-refractivity contribution in [3.63, 3.8) is 0 Å². The molecule has 1 aromatic rings. The van der Waals surface area contributed by atoms with E-state index in [-0.39, 0.29) is 12.1 Å². The van der Waals surface area contributed by atoms with Crippen molar-refractivity contribution >= 4 is 0 Å². The van der Waals surface area contributed by atoms with Crippen LogP contribution in [0.3, 0.4) is 0 Å². The summed E-state index contributed by atoms with van der Waals surface area (Å²) in [6.07, 6.45) is -3.83. The van der Waals surface area contributed by atoms with E-state index in [1.54, 1.807) is 0 Å². The summed E-state index contributed by atoms with van der Waals surface area (Å²) in [5, 5.41) is 9.21. The summed E-state index contributed by atoms with van der Waals surface area (Å²) in [5.74, 6) is 0. The first kappa shape index (κ1) is 10.9. The monoisotopic (exact) mass is 206 g/mol. The van der Waals surface area contributed by atoms with E-state index in [0.717, 1.165) is 18.5 Å². The molecule has 1 heterocycles. The molecule has 1 atom stereocenters. The predicted molar refractivity (Wildman–Crippen MR) is 43.3 cm³/mol. The van der Waals surface area contributed by atoms with Crippen LogP contribution in [0.1, 0.15) is 17.2 Å². The minimum absolute atomic E-state index is 0.269. The molecule has 0 saturated heterocycles. The highest BCUT2D eigenvalue weighted by Gasteiger charge is 2.34. The topological polar surface area (TPSA) is 59.1 Å². The number of aromatic nitrogens is 1. The van der Waals surface area contributed by atoms with E-state index in [1.807, 2.05) is 0 Å². The maximum atomic E-state index is 12.4. The van der Waals surface area contributed by atoms with Crippen molar-refractivity contribution in [2.24, 2.45) is 5.73 Å². The molecule has 0 fully saturated rings. The van der Waals surface area contributed by atoms with Gasteiger partial charge in [-0.2, -0.15) is 13.2 Å². The number of hydrogen-bond acceptors (Lipinski definition) is 3. The maximum absolute atomic E-state index is 12.4. The first-order valence-corrected chi connectivity index (χ1v) is 3.86. The van der Waals surface area contributed by atoms with Crippen LogP contribution in [-0.2, 0) is 6.18 Å². The van der Waals surface area contributed by atoms with Gasteiger partial charge in [-0.3, -0.25) is 4.98 Å². The molecule has 0 aliphatic rings. The number of rotatable bonds is 2. The molecule has 0 aromatic carbocycles. The lowest BCUT2D eigenvalue weighted by Crippen LogP contribution is -2.17. The molecule has 3 N–H and O–H groups in total. The van der Waals surface area contributed by atoms with E-state index in [9.17, 15) is 18.3 Å². The highest BCUT2D eigenvalue weighted by molar-refractivity contribution is 5.28. The molecule has 0 amide bonds. The van der Waals surface area contributed by atoms with E-state index in [0.29, 0.717) is 0 Å². The van der Waals surface area contributed by atoms with E-state index < -0.39 is 17.8 Å². The average Bonchev–Trinajstić information content (AvgIpc) is 2.15. The van der Waals surface area contributed by atoms with Crippen molar-refractivity contribution in [2.45, 2.75) is 12.3 Å². The van der Waals surface area contributed by atoms with Gasteiger partial charge >= 0.3 is 6.18 Å². The number of pyridine rings is 1. The first-order valence-electron chi connectivity index (χ1n) is 3.86. The number of hydrogen-bond donors (Lipinski definition) is 2.